The Morgan fingerprint density at radius 2 is 1.50 bits per heavy atom. The van der Waals surface area contributed by atoms with Gasteiger partial charge in [0.15, 0.2) is 12.4 Å². The van der Waals surface area contributed by atoms with E-state index in [9.17, 15) is 0 Å². The molecular formula is C23H25N2O3+. The van der Waals surface area contributed by atoms with Gasteiger partial charge >= 0.3 is 0 Å². The molecule has 0 atom stereocenters. The Kier molecular flexibility index (Phi) is 7.44. The number of nitrogens with zero attached hydrogens (tertiary/aromatic N) is 2. The number of benzene rings is 2. The molecule has 1 N–H and O–H groups in total. The molecule has 0 saturated carbocycles. The number of hydrogen-bond donors (Lipinski definition) is 1. The second kappa shape index (κ2) is 10.7. The Balaban J connectivity index is 1.33. The van der Waals surface area contributed by atoms with Crippen LogP contribution in [0.2, 0.25) is 0 Å². The third-order valence-electron chi connectivity index (χ3n) is 4.28. The van der Waals surface area contributed by atoms with Crippen LogP contribution in [0.4, 0.5) is 0 Å². The quantitative estimate of drug-likeness (QED) is 0.189. The van der Waals surface area contributed by atoms with E-state index in [0.29, 0.717) is 13.2 Å². The number of pyridine rings is 1. The molecule has 5 heteroatoms. The molecule has 0 aliphatic carbocycles. The molecule has 0 aliphatic heterocycles. The molecule has 1 aromatic heterocycles. The lowest BCUT2D eigenvalue weighted by Crippen LogP contribution is -2.32. The Morgan fingerprint density at radius 3 is 2.18 bits per heavy atom. The first kappa shape index (κ1) is 19.4. The SMILES string of the molecule is O/N=C/c1cc[n+](CCCCOc2ccc(OCc3ccccc3)cc2)cc1. The molecule has 0 bridgehead atoms. The second-order valence-corrected chi connectivity index (χ2v) is 6.42. The first-order chi connectivity index (χ1) is 13.8. The summed E-state index contributed by atoms with van der Waals surface area (Å²) >= 11 is 0. The van der Waals surface area contributed by atoms with Gasteiger partial charge in [0.05, 0.1) is 12.8 Å². The second-order valence-electron chi connectivity index (χ2n) is 6.42. The van der Waals surface area contributed by atoms with Gasteiger partial charge in [-0.25, -0.2) is 4.57 Å². The summed E-state index contributed by atoms with van der Waals surface area (Å²) < 4.78 is 13.7. The van der Waals surface area contributed by atoms with Crippen molar-refractivity contribution in [3.63, 3.8) is 0 Å². The van der Waals surface area contributed by atoms with E-state index in [1.165, 1.54) is 6.21 Å². The van der Waals surface area contributed by atoms with Crippen LogP contribution in [0.25, 0.3) is 0 Å². The van der Waals surface area contributed by atoms with E-state index in [2.05, 4.69) is 9.72 Å². The van der Waals surface area contributed by atoms with Crippen molar-refractivity contribution in [2.75, 3.05) is 6.61 Å². The van der Waals surface area contributed by atoms with Crippen LogP contribution in [0, 0.1) is 0 Å². The molecule has 144 valence electrons. The maximum Gasteiger partial charge on any atom is 0.169 e. The molecule has 2 aromatic carbocycles. The molecule has 5 nitrogen and oxygen atoms in total. The lowest BCUT2D eigenvalue weighted by molar-refractivity contribution is -0.697. The van der Waals surface area contributed by atoms with Crippen LogP contribution < -0.4 is 14.0 Å². The van der Waals surface area contributed by atoms with Crippen molar-refractivity contribution >= 4 is 6.21 Å². The summed E-state index contributed by atoms with van der Waals surface area (Å²) in [5.41, 5.74) is 2.02. The van der Waals surface area contributed by atoms with Crippen molar-refractivity contribution in [3.8, 4) is 11.5 Å². The van der Waals surface area contributed by atoms with Gasteiger partial charge in [-0.05, 0) is 36.2 Å². The highest BCUT2D eigenvalue weighted by Gasteiger charge is 2.01. The van der Waals surface area contributed by atoms with Crippen LogP contribution in [0.5, 0.6) is 11.5 Å². The zero-order valence-electron chi connectivity index (χ0n) is 15.8. The predicted molar refractivity (Wildman–Crippen MR) is 108 cm³/mol. The number of oxime groups is 1. The summed E-state index contributed by atoms with van der Waals surface area (Å²) in [4.78, 5) is 0. The van der Waals surface area contributed by atoms with Gasteiger partial charge in [0, 0.05) is 24.1 Å². The van der Waals surface area contributed by atoms with Gasteiger partial charge in [0.2, 0.25) is 0 Å². The average molecular weight is 377 g/mol. The van der Waals surface area contributed by atoms with E-state index in [1.807, 2.05) is 79.1 Å². The fourth-order valence-electron chi connectivity index (χ4n) is 2.73. The monoisotopic (exact) mass is 377 g/mol. The Morgan fingerprint density at radius 1 is 0.821 bits per heavy atom. The minimum atomic E-state index is 0.562. The molecule has 3 rings (SSSR count). The van der Waals surface area contributed by atoms with Crippen molar-refractivity contribution in [2.45, 2.75) is 26.0 Å². The molecule has 3 aromatic rings. The summed E-state index contributed by atoms with van der Waals surface area (Å²) in [6.45, 7) is 2.17. The number of ether oxygens (including phenoxy) is 2. The highest BCUT2D eigenvalue weighted by Crippen LogP contribution is 2.19. The van der Waals surface area contributed by atoms with Gasteiger partial charge in [-0.2, -0.15) is 0 Å². The third kappa shape index (κ3) is 6.43. The number of hydrogen-bond acceptors (Lipinski definition) is 4. The summed E-state index contributed by atoms with van der Waals surface area (Å²) in [6, 6.07) is 21.7. The van der Waals surface area contributed by atoms with Gasteiger partial charge < -0.3 is 14.7 Å². The van der Waals surface area contributed by atoms with E-state index < -0.39 is 0 Å². The van der Waals surface area contributed by atoms with Crippen LogP contribution in [0.3, 0.4) is 0 Å². The summed E-state index contributed by atoms with van der Waals surface area (Å²) in [5, 5.41) is 11.5. The highest BCUT2D eigenvalue weighted by atomic mass is 16.5. The van der Waals surface area contributed by atoms with Crippen molar-refractivity contribution in [1.29, 1.82) is 0 Å². The molecule has 0 saturated heterocycles. The predicted octanol–water partition coefficient (Wildman–Crippen LogP) is 4.22. The van der Waals surface area contributed by atoms with Crippen LogP contribution in [-0.4, -0.2) is 18.0 Å². The van der Waals surface area contributed by atoms with Gasteiger partial charge in [0.1, 0.15) is 24.7 Å². The van der Waals surface area contributed by atoms with Crippen molar-refractivity contribution in [1.82, 2.24) is 0 Å². The zero-order valence-corrected chi connectivity index (χ0v) is 15.8. The smallest absolute Gasteiger partial charge is 0.169 e. The van der Waals surface area contributed by atoms with Crippen LogP contribution >= 0.6 is 0 Å². The molecular weight excluding hydrogens is 352 g/mol. The number of aryl methyl sites for hydroxylation is 1. The zero-order chi connectivity index (χ0) is 19.4. The maximum atomic E-state index is 8.51. The van der Waals surface area contributed by atoms with Crippen LogP contribution in [-0.2, 0) is 13.2 Å². The van der Waals surface area contributed by atoms with E-state index in [4.69, 9.17) is 14.7 Å². The van der Waals surface area contributed by atoms with Gasteiger partial charge in [-0.3, -0.25) is 0 Å². The molecule has 0 fully saturated rings. The molecule has 1 heterocycles. The van der Waals surface area contributed by atoms with E-state index in [-0.39, 0.29) is 0 Å². The van der Waals surface area contributed by atoms with Crippen LogP contribution in [0.15, 0.2) is 84.3 Å². The van der Waals surface area contributed by atoms with Crippen molar-refractivity contribution in [3.05, 3.63) is 90.3 Å². The molecule has 0 spiro atoms. The van der Waals surface area contributed by atoms with Crippen molar-refractivity contribution in [2.24, 2.45) is 5.16 Å². The average Bonchev–Trinajstić information content (AvgIpc) is 2.75. The highest BCUT2D eigenvalue weighted by molar-refractivity contribution is 5.78. The Hall–Kier alpha value is -3.34. The van der Waals surface area contributed by atoms with Gasteiger partial charge in [-0.1, -0.05) is 35.5 Å². The molecule has 0 aliphatic rings. The standard InChI is InChI=1S/C23H24N2O3/c26-24-18-20-12-15-25(16-13-20)14-4-5-17-27-22-8-10-23(11-9-22)28-19-21-6-2-1-3-7-21/h1-3,6-13,15-16,18H,4-5,14,17,19H2/p+1. The fraction of sp³-hybridized carbons (Fsp3) is 0.217. The Labute approximate surface area is 165 Å². The first-order valence-corrected chi connectivity index (χ1v) is 9.39. The summed E-state index contributed by atoms with van der Waals surface area (Å²) in [5.74, 6) is 1.69. The number of unbranched alkanes of at least 4 members (excludes halogenated alkanes) is 1. The minimum Gasteiger partial charge on any atom is -0.494 e. The van der Waals surface area contributed by atoms with E-state index in [0.717, 1.165) is 42.0 Å². The van der Waals surface area contributed by atoms with E-state index >= 15 is 0 Å². The molecule has 28 heavy (non-hydrogen) atoms. The number of aromatic nitrogens is 1. The third-order valence-corrected chi connectivity index (χ3v) is 4.28. The molecule has 0 amide bonds. The molecule has 0 unspecified atom stereocenters. The van der Waals surface area contributed by atoms with Gasteiger partial charge in [0.25, 0.3) is 0 Å². The van der Waals surface area contributed by atoms with Crippen molar-refractivity contribution < 1.29 is 19.2 Å². The lowest BCUT2D eigenvalue weighted by Gasteiger charge is -2.08. The normalized spacial score (nSPS) is 10.9. The molecule has 0 radical (unpaired) electrons. The summed E-state index contributed by atoms with van der Waals surface area (Å²) in [7, 11) is 0. The van der Waals surface area contributed by atoms with Gasteiger partial charge in [-0.15, -0.1) is 0 Å². The first-order valence-electron chi connectivity index (χ1n) is 9.39. The topological polar surface area (TPSA) is 54.9 Å². The minimum absolute atomic E-state index is 0.562. The van der Waals surface area contributed by atoms with Crippen LogP contribution in [0.1, 0.15) is 24.0 Å². The van der Waals surface area contributed by atoms with E-state index in [1.54, 1.807) is 0 Å². The fourth-order valence-corrected chi connectivity index (χ4v) is 2.73. The lowest BCUT2D eigenvalue weighted by atomic mass is 10.2. The Bertz CT molecular complexity index is 847. The maximum absolute atomic E-state index is 8.51. The largest absolute Gasteiger partial charge is 0.494 e. The number of rotatable bonds is 10. The summed E-state index contributed by atoms with van der Waals surface area (Å²) in [6.07, 6.45) is 7.36.